The predicted molar refractivity (Wildman–Crippen MR) is 109 cm³/mol. The highest BCUT2D eigenvalue weighted by molar-refractivity contribution is 4.98. The second kappa shape index (κ2) is 7.74. The molecule has 0 aromatic rings. The van der Waals surface area contributed by atoms with Gasteiger partial charge in [-0.05, 0) is 69.1 Å². The predicted octanol–water partition coefficient (Wildman–Crippen LogP) is 5.68. The Kier molecular flexibility index (Phi) is 5.73. The van der Waals surface area contributed by atoms with Crippen molar-refractivity contribution in [3.8, 4) is 0 Å². The number of fused-ring (bicyclic) bond motifs is 2. The van der Waals surface area contributed by atoms with Crippen LogP contribution in [0.25, 0.3) is 0 Å². The zero-order valence-corrected chi connectivity index (χ0v) is 17.6. The van der Waals surface area contributed by atoms with Crippen LogP contribution in [0.4, 0.5) is 0 Å². The zero-order chi connectivity index (χ0) is 18.2. The summed E-state index contributed by atoms with van der Waals surface area (Å²) in [6.45, 7) is 0. The van der Waals surface area contributed by atoms with Gasteiger partial charge in [-0.3, -0.25) is 0 Å². The van der Waals surface area contributed by atoms with Gasteiger partial charge in [-0.25, -0.2) is 0 Å². The maximum atomic E-state index is 12.2. The van der Waals surface area contributed by atoms with Gasteiger partial charge in [-0.2, -0.15) is 0 Å². The van der Waals surface area contributed by atoms with E-state index in [2.05, 4.69) is 14.1 Å². The van der Waals surface area contributed by atoms with E-state index in [1.807, 2.05) is 0 Å². The Morgan fingerprint density at radius 2 is 1.15 bits per heavy atom. The van der Waals surface area contributed by atoms with Crippen LogP contribution in [0.2, 0.25) is 0 Å². The highest BCUT2D eigenvalue weighted by atomic mass is 16.3. The van der Waals surface area contributed by atoms with Gasteiger partial charge in [0.2, 0.25) is 0 Å². The Bertz CT molecular complexity index is 427. The topological polar surface area (TPSA) is 20.2 Å². The van der Waals surface area contributed by atoms with Crippen LogP contribution in [0.1, 0.15) is 103 Å². The van der Waals surface area contributed by atoms with Crippen molar-refractivity contribution < 1.29 is 9.59 Å². The van der Waals surface area contributed by atoms with Crippen molar-refractivity contribution in [1.29, 1.82) is 0 Å². The number of rotatable bonds is 4. The van der Waals surface area contributed by atoms with Gasteiger partial charge in [-0.1, -0.05) is 38.5 Å². The minimum absolute atomic E-state index is 0.339. The molecule has 2 atom stereocenters. The third-order valence-electron chi connectivity index (χ3n) is 9.41. The molecule has 2 aliphatic carbocycles. The highest BCUT2D eigenvalue weighted by Crippen LogP contribution is 2.50. The van der Waals surface area contributed by atoms with Crippen molar-refractivity contribution in [3.05, 3.63) is 0 Å². The SMILES string of the molecule is C[N+]1(C)C2CCCC1CC(CC(O)(C1CCCCC1)C1CCCCC1)C2. The lowest BCUT2D eigenvalue weighted by atomic mass is 9.61. The molecule has 2 heterocycles. The highest BCUT2D eigenvalue weighted by Gasteiger charge is 2.50. The van der Waals surface area contributed by atoms with E-state index in [1.165, 1.54) is 101 Å². The van der Waals surface area contributed by atoms with Crippen LogP contribution >= 0.6 is 0 Å². The largest absolute Gasteiger partial charge is 0.389 e. The van der Waals surface area contributed by atoms with E-state index in [9.17, 15) is 5.11 Å². The lowest BCUT2D eigenvalue weighted by molar-refractivity contribution is -0.950. The summed E-state index contributed by atoms with van der Waals surface area (Å²) in [6.07, 6.45) is 21.6. The molecule has 4 aliphatic rings. The number of aliphatic hydroxyl groups is 1. The van der Waals surface area contributed by atoms with Crippen LogP contribution in [0, 0.1) is 17.8 Å². The Labute approximate surface area is 162 Å². The summed E-state index contributed by atoms with van der Waals surface area (Å²) in [7, 11) is 4.97. The monoisotopic (exact) mass is 362 g/mol. The average molecular weight is 363 g/mol. The fourth-order valence-corrected chi connectivity index (χ4v) is 7.70. The molecule has 2 aliphatic heterocycles. The molecule has 150 valence electrons. The third-order valence-corrected chi connectivity index (χ3v) is 9.41. The summed E-state index contributed by atoms with van der Waals surface area (Å²) in [4.78, 5) is 0. The molecule has 0 aromatic carbocycles. The summed E-state index contributed by atoms with van der Waals surface area (Å²) < 4.78 is 1.27. The lowest BCUT2D eigenvalue weighted by Gasteiger charge is -2.55. The van der Waals surface area contributed by atoms with Crippen LogP contribution < -0.4 is 0 Å². The van der Waals surface area contributed by atoms with E-state index in [0.717, 1.165) is 24.4 Å². The van der Waals surface area contributed by atoms with E-state index in [4.69, 9.17) is 0 Å². The van der Waals surface area contributed by atoms with Gasteiger partial charge in [0, 0.05) is 12.8 Å². The van der Waals surface area contributed by atoms with Crippen LogP contribution in [-0.2, 0) is 0 Å². The number of quaternary nitrogens is 1. The summed E-state index contributed by atoms with van der Waals surface area (Å²) in [5.74, 6) is 1.98. The maximum absolute atomic E-state index is 12.2. The minimum Gasteiger partial charge on any atom is -0.389 e. The second-order valence-electron chi connectivity index (χ2n) is 11.1. The zero-order valence-electron chi connectivity index (χ0n) is 17.6. The Balaban J connectivity index is 1.51. The summed E-state index contributed by atoms with van der Waals surface area (Å²) in [5, 5.41) is 12.2. The lowest BCUT2D eigenvalue weighted by Crippen LogP contribution is -2.63. The first-order valence-corrected chi connectivity index (χ1v) is 12.1. The van der Waals surface area contributed by atoms with Crippen molar-refractivity contribution in [3.63, 3.8) is 0 Å². The number of hydrogen-bond acceptors (Lipinski definition) is 1. The standard InChI is InChI=1S/C24H44NO/c1-25(2)22-14-9-15-23(25)17-19(16-22)18-24(26,20-10-5-3-6-11-20)21-12-7-4-8-13-21/h19-23,26H,3-18H2,1-2H3/q+1. The molecule has 0 spiro atoms. The molecular formula is C24H44NO+. The molecule has 2 unspecified atom stereocenters. The molecule has 4 rings (SSSR count). The second-order valence-corrected chi connectivity index (χ2v) is 11.1. The van der Waals surface area contributed by atoms with Crippen molar-refractivity contribution in [2.75, 3.05) is 14.1 Å². The number of hydrogen-bond donors (Lipinski definition) is 1. The first-order chi connectivity index (χ1) is 12.5. The quantitative estimate of drug-likeness (QED) is 0.638. The molecule has 2 heteroatoms. The van der Waals surface area contributed by atoms with Gasteiger partial charge in [0.15, 0.2) is 0 Å². The summed E-state index contributed by atoms with van der Waals surface area (Å²) in [6, 6.07) is 1.71. The Morgan fingerprint density at radius 1 is 0.692 bits per heavy atom. The van der Waals surface area contributed by atoms with Crippen LogP contribution in [-0.4, -0.2) is 41.4 Å². The first-order valence-electron chi connectivity index (χ1n) is 12.1. The van der Waals surface area contributed by atoms with E-state index < -0.39 is 0 Å². The molecule has 2 saturated carbocycles. The first kappa shape index (κ1) is 19.2. The molecule has 2 bridgehead atoms. The van der Waals surface area contributed by atoms with Crippen molar-refractivity contribution in [2.45, 2.75) is 120 Å². The van der Waals surface area contributed by atoms with Gasteiger partial charge in [0.1, 0.15) is 0 Å². The number of nitrogens with zero attached hydrogens (tertiary/aromatic N) is 1. The van der Waals surface area contributed by atoms with Crippen LogP contribution in [0.5, 0.6) is 0 Å². The van der Waals surface area contributed by atoms with Crippen LogP contribution in [0.15, 0.2) is 0 Å². The Hall–Kier alpha value is -0.0800. The molecule has 0 amide bonds. The van der Waals surface area contributed by atoms with Gasteiger partial charge < -0.3 is 9.59 Å². The maximum Gasteiger partial charge on any atom is 0.0891 e. The van der Waals surface area contributed by atoms with E-state index >= 15 is 0 Å². The van der Waals surface area contributed by atoms with Crippen LogP contribution in [0.3, 0.4) is 0 Å². The van der Waals surface area contributed by atoms with E-state index in [-0.39, 0.29) is 5.60 Å². The fraction of sp³-hybridized carbons (Fsp3) is 1.00. The molecule has 0 aromatic heterocycles. The third kappa shape index (κ3) is 3.62. The van der Waals surface area contributed by atoms with Gasteiger partial charge in [-0.15, -0.1) is 0 Å². The summed E-state index contributed by atoms with van der Waals surface area (Å²) >= 11 is 0. The molecular weight excluding hydrogens is 318 g/mol. The average Bonchev–Trinajstić information content (AvgIpc) is 2.64. The van der Waals surface area contributed by atoms with E-state index in [1.54, 1.807) is 0 Å². The summed E-state index contributed by atoms with van der Waals surface area (Å²) in [5.41, 5.74) is -0.339. The Morgan fingerprint density at radius 3 is 1.62 bits per heavy atom. The molecule has 2 nitrogen and oxygen atoms in total. The molecule has 2 saturated heterocycles. The smallest absolute Gasteiger partial charge is 0.0891 e. The van der Waals surface area contributed by atoms with Crippen molar-refractivity contribution >= 4 is 0 Å². The molecule has 0 radical (unpaired) electrons. The normalized spacial score (nSPS) is 36.8. The molecule has 1 N–H and O–H groups in total. The van der Waals surface area contributed by atoms with Crippen molar-refractivity contribution in [1.82, 2.24) is 0 Å². The minimum atomic E-state index is -0.339. The molecule has 26 heavy (non-hydrogen) atoms. The van der Waals surface area contributed by atoms with Gasteiger partial charge in [0.25, 0.3) is 0 Å². The van der Waals surface area contributed by atoms with E-state index in [0.29, 0.717) is 11.8 Å². The fourth-order valence-electron chi connectivity index (χ4n) is 7.70. The molecule has 4 fully saturated rings. The van der Waals surface area contributed by atoms with Gasteiger partial charge in [0.05, 0.1) is 31.8 Å². The van der Waals surface area contributed by atoms with Crippen molar-refractivity contribution in [2.24, 2.45) is 17.8 Å². The number of piperidine rings is 2. The van der Waals surface area contributed by atoms with Gasteiger partial charge >= 0.3 is 0 Å².